The summed E-state index contributed by atoms with van der Waals surface area (Å²) in [6.07, 6.45) is 2.56. The third kappa shape index (κ3) is 3.15. The Labute approximate surface area is 125 Å². The van der Waals surface area contributed by atoms with E-state index in [1.807, 2.05) is 18.2 Å². The fraction of sp³-hybridized carbons (Fsp3) is 0.316. The second-order valence-corrected chi connectivity index (χ2v) is 5.98. The van der Waals surface area contributed by atoms with E-state index in [1.54, 1.807) is 0 Å². The van der Waals surface area contributed by atoms with Gasteiger partial charge in [-0.05, 0) is 53.9 Å². The van der Waals surface area contributed by atoms with E-state index >= 15 is 0 Å². The van der Waals surface area contributed by atoms with Crippen molar-refractivity contribution in [1.29, 1.82) is 0 Å². The van der Waals surface area contributed by atoms with Crippen molar-refractivity contribution in [2.75, 3.05) is 0 Å². The van der Waals surface area contributed by atoms with E-state index in [-0.39, 0.29) is 12.3 Å². The van der Waals surface area contributed by atoms with E-state index in [0.717, 1.165) is 12.8 Å². The largest absolute Gasteiger partial charge is 0.481 e. The predicted octanol–water partition coefficient (Wildman–Crippen LogP) is 4.63. The van der Waals surface area contributed by atoms with Gasteiger partial charge in [0.15, 0.2) is 0 Å². The van der Waals surface area contributed by atoms with Crippen molar-refractivity contribution in [3.8, 4) is 11.1 Å². The second kappa shape index (κ2) is 5.72. The topological polar surface area (TPSA) is 37.3 Å². The summed E-state index contributed by atoms with van der Waals surface area (Å²) in [6, 6.07) is 16.7. The minimum atomic E-state index is -0.700. The Balaban J connectivity index is 1.98. The first-order chi connectivity index (χ1) is 10.1. The second-order valence-electron chi connectivity index (χ2n) is 5.98. The molecule has 0 aromatic heterocycles. The summed E-state index contributed by atoms with van der Waals surface area (Å²) in [5.41, 5.74) is 4.81. The lowest BCUT2D eigenvalue weighted by atomic mass is 9.87. The molecular formula is C19H20O2. The third-order valence-electron chi connectivity index (χ3n) is 4.36. The summed E-state index contributed by atoms with van der Waals surface area (Å²) in [5.74, 6) is 0.00623. The van der Waals surface area contributed by atoms with E-state index in [1.165, 1.54) is 22.3 Å². The van der Waals surface area contributed by atoms with Crippen LogP contribution in [0.5, 0.6) is 0 Å². The molecule has 0 aliphatic heterocycles. The summed E-state index contributed by atoms with van der Waals surface area (Å²) in [6.45, 7) is 2.11. The van der Waals surface area contributed by atoms with Crippen molar-refractivity contribution in [2.45, 2.75) is 32.1 Å². The number of aryl methyl sites for hydroxylation is 1. The maximum atomic E-state index is 11.1. The Morgan fingerprint density at radius 2 is 1.90 bits per heavy atom. The number of carboxylic acid groups (broad SMARTS) is 1. The molecule has 1 unspecified atom stereocenters. The minimum Gasteiger partial charge on any atom is -0.481 e. The Morgan fingerprint density at radius 1 is 1.19 bits per heavy atom. The molecule has 1 atom stereocenters. The highest BCUT2D eigenvalue weighted by Gasteiger charge is 2.33. The number of benzene rings is 2. The van der Waals surface area contributed by atoms with Crippen molar-refractivity contribution in [3.63, 3.8) is 0 Å². The average Bonchev–Trinajstić information content (AvgIpc) is 3.31. The predicted molar refractivity (Wildman–Crippen MR) is 84.3 cm³/mol. The minimum absolute atomic E-state index is 0.158. The normalized spacial score (nSPS) is 15.7. The van der Waals surface area contributed by atoms with Gasteiger partial charge in [0.05, 0.1) is 6.42 Å². The molecule has 108 valence electrons. The zero-order valence-electron chi connectivity index (χ0n) is 12.3. The maximum absolute atomic E-state index is 11.1. The van der Waals surface area contributed by atoms with Crippen molar-refractivity contribution >= 4 is 5.97 Å². The summed E-state index contributed by atoms with van der Waals surface area (Å²) < 4.78 is 0. The van der Waals surface area contributed by atoms with Crippen molar-refractivity contribution < 1.29 is 9.90 Å². The van der Waals surface area contributed by atoms with Crippen LogP contribution in [-0.2, 0) is 4.79 Å². The van der Waals surface area contributed by atoms with Crippen LogP contribution in [-0.4, -0.2) is 11.1 Å². The molecule has 0 heterocycles. The van der Waals surface area contributed by atoms with E-state index in [0.29, 0.717) is 5.92 Å². The van der Waals surface area contributed by atoms with Crippen molar-refractivity contribution in [3.05, 3.63) is 59.7 Å². The van der Waals surface area contributed by atoms with Gasteiger partial charge in [0.1, 0.15) is 0 Å². The molecule has 1 aliphatic carbocycles. The van der Waals surface area contributed by atoms with Crippen LogP contribution in [0.2, 0.25) is 0 Å². The standard InChI is InChI=1S/C19H20O2/c1-13-7-8-16(18(12-19(20)21)15-9-10-15)11-17(13)14-5-3-2-4-6-14/h2-8,11,15,18H,9-10,12H2,1H3,(H,20,21). The number of hydrogen-bond donors (Lipinski definition) is 1. The van der Waals surface area contributed by atoms with Crippen LogP contribution in [0.4, 0.5) is 0 Å². The van der Waals surface area contributed by atoms with E-state index < -0.39 is 5.97 Å². The van der Waals surface area contributed by atoms with Gasteiger partial charge in [-0.2, -0.15) is 0 Å². The molecule has 2 nitrogen and oxygen atoms in total. The van der Waals surface area contributed by atoms with E-state index in [2.05, 4.69) is 37.3 Å². The highest BCUT2D eigenvalue weighted by Crippen LogP contribution is 2.45. The molecule has 2 aromatic rings. The monoisotopic (exact) mass is 280 g/mol. The molecule has 21 heavy (non-hydrogen) atoms. The van der Waals surface area contributed by atoms with Crippen LogP contribution < -0.4 is 0 Å². The van der Waals surface area contributed by atoms with Gasteiger partial charge >= 0.3 is 5.97 Å². The molecule has 1 saturated carbocycles. The van der Waals surface area contributed by atoms with E-state index in [9.17, 15) is 4.79 Å². The molecule has 1 N–H and O–H groups in total. The first kappa shape index (κ1) is 13.9. The molecule has 2 heteroatoms. The maximum Gasteiger partial charge on any atom is 0.303 e. The number of rotatable bonds is 5. The van der Waals surface area contributed by atoms with Crippen LogP contribution >= 0.6 is 0 Å². The van der Waals surface area contributed by atoms with Crippen molar-refractivity contribution in [2.24, 2.45) is 5.92 Å². The molecule has 0 amide bonds. The Kier molecular flexibility index (Phi) is 3.78. The summed E-state index contributed by atoms with van der Waals surface area (Å²) in [7, 11) is 0. The Bertz CT molecular complexity index is 642. The smallest absolute Gasteiger partial charge is 0.303 e. The summed E-state index contributed by atoms with van der Waals surface area (Å²) in [4.78, 5) is 11.1. The lowest BCUT2D eigenvalue weighted by Gasteiger charge is -2.17. The first-order valence-corrected chi connectivity index (χ1v) is 7.53. The van der Waals surface area contributed by atoms with Gasteiger partial charge in [-0.1, -0.05) is 48.5 Å². The van der Waals surface area contributed by atoms with Gasteiger partial charge in [0.25, 0.3) is 0 Å². The van der Waals surface area contributed by atoms with Gasteiger partial charge < -0.3 is 5.11 Å². The molecule has 2 aromatic carbocycles. The van der Waals surface area contributed by atoms with Crippen LogP contribution in [0.3, 0.4) is 0 Å². The zero-order chi connectivity index (χ0) is 14.8. The van der Waals surface area contributed by atoms with Gasteiger partial charge in [-0.25, -0.2) is 0 Å². The third-order valence-corrected chi connectivity index (χ3v) is 4.36. The summed E-state index contributed by atoms with van der Waals surface area (Å²) in [5, 5.41) is 9.16. The Morgan fingerprint density at radius 3 is 2.52 bits per heavy atom. The summed E-state index contributed by atoms with van der Waals surface area (Å²) >= 11 is 0. The number of aliphatic carboxylic acids is 1. The lowest BCUT2D eigenvalue weighted by molar-refractivity contribution is -0.137. The highest BCUT2D eigenvalue weighted by atomic mass is 16.4. The van der Waals surface area contributed by atoms with Crippen molar-refractivity contribution in [1.82, 2.24) is 0 Å². The number of carbonyl (C=O) groups is 1. The average molecular weight is 280 g/mol. The number of hydrogen-bond acceptors (Lipinski definition) is 1. The van der Waals surface area contributed by atoms with Gasteiger partial charge in [-0.3, -0.25) is 4.79 Å². The quantitative estimate of drug-likeness (QED) is 0.867. The fourth-order valence-corrected chi connectivity index (χ4v) is 3.04. The van der Waals surface area contributed by atoms with Gasteiger partial charge in [0, 0.05) is 0 Å². The molecule has 0 radical (unpaired) electrons. The highest BCUT2D eigenvalue weighted by molar-refractivity contribution is 5.70. The lowest BCUT2D eigenvalue weighted by Crippen LogP contribution is -2.08. The Hall–Kier alpha value is -2.09. The van der Waals surface area contributed by atoms with Gasteiger partial charge in [0.2, 0.25) is 0 Å². The van der Waals surface area contributed by atoms with Gasteiger partial charge in [-0.15, -0.1) is 0 Å². The van der Waals surface area contributed by atoms with Crippen LogP contribution in [0.15, 0.2) is 48.5 Å². The molecule has 1 fully saturated rings. The number of carboxylic acids is 1. The molecule has 0 spiro atoms. The van der Waals surface area contributed by atoms with Crippen LogP contribution in [0.1, 0.15) is 36.3 Å². The zero-order valence-corrected chi connectivity index (χ0v) is 12.3. The molecular weight excluding hydrogens is 260 g/mol. The molecule has 0 saturated heterocycles. The first-order valence-electron chi connectivity index (χ1n) is 7.53. The molecule has 0 bridgehead atoms. The molecule has 1 aliphatic rings. The van der Waals surface area contributed by atoms with Crippen LogP contribution in [0.25, 0.3) is 11.1 Å². The van der Waals surface area contributed by atoms with E-state index in [4.69, 9.17) is 5.11 Å². The SMILES string of the molecule is Cc1ccc(C(CC(=O)O)C2CC2)cc1-c1ccccc1. The van der Waals surface area contributed by atoms with Crippen LogP contribution in [0, 0.1) is 12.8 Å². The molecule has 3 rings (SSSR count). The fourth-order valence-electron chi connectivity index (χ4n) is 3.04.